The van der Waals surface area contributed by atoms with Gasteiger partial charge >= 0.3 is 0 Å². The van der Waals surface area contributed by atoms with Crippen LogP contribution in [-0.2, 0) is 16.5 Å². The van der Waals surface area contributed by atoms with E-state index in [2.05, 4.69) is 6.92 Å². The van der Waals surface area contributed by atoms with Crippen molar-refractivity contribution < 1.29 is 13.0 Å². The van der Waals surface area contributed by atoms with Crippen molar-refractivity contribution in [1.82, 2.24) is 0 Å². The van der Waals surface area contributed by atoms with Gasteiger partial charge in [-0.3, -0.25) is 4.55 Å². The van der Waals surface area contributed by atoms with E-state index >= 15 is 0 Å². The van der Waals surface area contributed by atoms with Gasteiger partial charge < -0.3 is 0 Å². The predicted octanol–water partition coefficient (Wildman–Crippen LogP) is 14.4. The summed E-state index contributed by atoms with van der Waals surface area (Å²) >= 11 is 0. The molecule has 0 saturated heterocycles. The summed E-state index contributed by atoms with van der Waals surface area (Å²) in [6.07, 6.45) is 47.1. The third kappa shape index (κ3) is 27.9. The van der Waals surface area contributed by atoms with Gasteiger partial charge in [0.1, 0.15) is 0 Å². The Morgan fingerprint density at radius 1 is 0.400 bits per heavy atom. The highest BCUT2D eigenvalue weighted by Gasteiger charge is 2.13. The molecular formula is C41H76O3S. The second kappa shape index (κ2) is 31.7. The van der Waals surface area contributed by atoms with Crippen LogP contribution in [0.5, 0.6) is 0 Å². The van der Waals surface area contributed by atoms with Gasteiger partial charge in [-0.15, -0.1) is 0 Å². The van der Waals surface area contributed by atoms with Crippen LogP contribution in [0.25, 0.3) is 0 Å². The molecule has 0 radical (unpaired) electrons. The highest BCUT2D eigenvalue weighted by molar-refractivity contribution is 7.85. The van der Waals surface area contributed by atoms with Gasteiger partial charge in [0, 0.05) is 0 Å². The number of hydrogen-bond donors (Lipinski definition) is 1. The fraction of sp³-hybridized carbons (Fsp3) is 0.854. The van der Waals surface area contributed by atoms with Crippen molar-refractivity contribution >= 4 is 10.1 Å². The molecular weight excluding hydrogens is 573 g/mol. The molecule has 0 unspecified atom stereocenters. The van der Waals surface area contributed by atoms with Crippen LogP contribution in [0.4, 0.5) is 0 Å². The average molecular weight is 649 g/mol. The molecule has 0 fully saturated rings. The minimum absolute atomic E-state index is 0.0703. The van der Waals surface area contributed by atoms with Crippen molar-refractivity contribution in [3.63, 3.8) is 0 Å². The van der Waals surface area contributed by atoms with Crippen molar-refractivity contribution in [1.29, 1.82) is 0 Å². The third-order valence-electron chi connectivity index (χ3n) is 9.80. The summed E-state index contributed by atoms with van der Waals surface area (Å²) in [5.41, 5.74) is 0.737. The smallest absolute Gasteiger partial charge is 0.282 e. The molecule has 0 bridgehead atoms. The summed E-state index contributed by atoms with van der Waals surface area (Å²) in [5.74, 6) is 0. The molecule has 1 N–H and O–H groups in total. The highest BCUT2D eigenvalue weighted by atomic mass is 32.2. The second-order valence-corrected chi connectivity index (χ2v) is 15.5. The summed E-state index contributed by atoms with van der Waals surface area (Å²) in [6, 6.07) is 6.81. The van der Waals surface area contributed by atoms with Crippen LogP contribution < -0.4 is 0 Å². The van der Waals surface area contributed by atoms with Crippen molar-refractivity contribution in [2.24, 2.45) is 0 Å². The fourth-order valence-electron chi connectivity index (χ4n) is 6.83. The van der Waals surface area contributed by atoms with E-state index in [9.17, 15) is 13.0 Å². The van der Waals surface area contributed by atoms with Gasteiger partial charge in [0.2, 0.25) is 0 Å². The Labute approximate surface area is 282 Å². The molecule has 4 heteroatoms. The summed E-state index contributed by atoms with van der Waals surface area (Å²) < 4.78 is 32.3. The van der Waals surface area contributed by atoms with Crippen molar-refractivity contribution in [3.8, 4) is 0 Å². The molecule has 1 rings (SSSR count). The molecule has 0 aromatic heterocycles. The Kier molecular flexibility index (Phi) is 29.7. The lowest BCUT2D eigenvalue weighted by atomic mass is 10.0. The Balaban J connectivity index is 1.69. The number of benzene rings is 1. The first-order chi connectivity index (χ1) is 22.1. The van der Waals surface area contributed by atoms with E-state index in [0.717, 1.165) is 24.8 Å². The number of unbranched alkanes of at least 4 members (excludes halogenated alkanes) is 32. The first-order valence-corrected chi connectivity index (χ1v) is 21.5. The number of rotatable bonds is 35. The van der Waals surface area contributed by atoms with Crippen molar-refractivity contribution in [2.75, 3.05) is 0 Å². The van der Waals surface area contributed by atoms with E-state index in [1.165, 1.54) is 205 Å². The zero-order valence-corrected chi connectivity index (χ0v) is 30.8. The molecule has 1 aromatic carbocycles. The summed E-state index contributed by atoms with van der Waals surface area (Å²) in [4.78, 5) is 0.0703. The van der Waals surface area contributed by atoms with E-state index < -0.39 is 10.1 Å². The molecule has 0 aliphatic heterocycles. The molecule has 0 amide bonds. The zero-order valence-electron chi connectivity index (χ0n) is 30.0. The Morgan fingerprint density at radius 2 is 0.644 bits per heavy atom. The molecule has 0 heterocycles. The van der Waals surface area contributed by atoms with E-state index in [0.29, 0.717) is 0 Å². The minimum Gasteiger partial charge on any atom is -0.282 e. The summed E-state index contributed by atoms with van der Waals surface area (Å²) in [7, 11) is -4.12. The standard InChI is InChI=1S/C41H76O3S/c1-2-3-4-5-6-7-8-9-10-11-12-13-14-15-16-17-18-19-20-21-22-23-24-25-26-27-28-29-30-31-32-33-34-37-40-38-35-36-39-41(40)45(42,43)44/h35-36,38-39H,2-34,37H2,1H3,(H,42,43,44). The van der Waals surface area contributed by atoms with E-state index in [-0.39, 0.29) is 4.90 Å². The summed E-state index contributed by atoms with van der Waals surface area (Å²) in [6.45, 7) is 2.30. The minimum atomic E-state index is -4.12. The molecule has 1 aromatic rings. The van der Waals surface area contributed by atoms with Crippen molar-refractivity contribution in [3.05, 3.63) is 29.8 Å². The average Bonchev–Trinajstić information content (AvgIpc) is 3.03. The van der Waals surface area contributed by atoms with Gasteiger partial charge in [-0.1, -0.05) is 231 Å². The lowest BCUT2D eigenvalue weighted by molar-refractivity contribution is 0.481. The van der Waals surface area contributed by atoms with Gasteiger partial charge in [0.25, 0.3) is 10.1 Å². The second-order valence-electron chi connectivity index (χ2n) is 14.1. The lowest BCUT2D eigenvalue weighted by Crippen LogP contribution is -2.03. The van der Waals surface area contributed by atoms with Gasteiger partial charge in [-0.2, -0.15) is 8.42 Å². The van der Waals surface area contributed by atoms with Crippen LogP contribution in [0.15, 0.2) is 29.2 Å². The highest BCUT2D eigenvalue weighted by Crippen LogP contribution is 2.20. The van der Waals surface area contributed by atoms with Gasteiger partial charge in [0.05, 0.1) is 4.90 Å². The monoisotopic (exact) mass is 649 g/mol. The Hall–Kier alpha value is -0.870. The van der Waals surface area contributed by atoms with Crippen LogP contribution >= 0.6 is 0 Å². The number of aryl methyl sites for hydroxylation is 1. The predicted molar refractivity (Wildman–Crippen MR) is 198 cm³/mol. The van der Waals surface area contributed by atoms with E-state index in [1.807, 2.05) is 12.1 Å². The van der Waals surface area contributed by atoms with Gasteiger partial charge in [-0.05, 0) is 24.5 Å². The Morgan fingerprint density at radius 3 is 0.911 bits per heavy atom. The zero-order chi connectivity index (χ0) is 32.5. The quantitative estimate of drug-likeness (QED) is 0.0588. The molecule has 0 saturated carbocycles. The van der Waals surface area contributed by atoms with Crippen LogP contribution in [-0.4, -0.2) is 13.0 Å². The molecule has 0 aliphatic rings. The van der Waals surface area contributed by atoms with Crippen LogP contribution in [0.2, 0.25) is 0 Å². The van der Waals surface area contributed by atoms with Gasteiger partial charge in [0.15, 0.2) is 0 Å². The maximum Gasteiger partial charge on any atom is 0.294 e. The fourth-order valence-corrected chi connectivity index (χ4v) is 7.58. The van der Waals surface area contributed by atoms with Crippen LogP contribution in [0.1, 0.15) is 224 Å². The maximum absolute atomic E-state index is 11.5. The molecule has 0 aliphatic carbocycles. The SMILES string of the molecule is CCCCCCCCCCCCCCCCCCCCCCCCCCCCCCCCCCCc1ccccc1S(=O)(=O)O. The van der Waals surface area contributed by atoms with Crippen molar-refractivity contribution in [2.45, 2.75) is 230 Å². The maximum atomic E-state index is 11.5. The van der Waals surface area contributed by atoms with Crippen LogP contribution in [0.3, 0.4) is 0 Å². The normalized spacial score (nSPS) is 11.9. The first kappa shape index (κ1) is 42.2. The lowest BCUT2D eigenvalue weighted by Gasteiger charge is -2.07. The molecule has 0 atom stereocenters. The molecule has 0 spiro atoms. The van der Waals surface area contributed by atoms with Crippen LogP contribution in [0, 0.1) is 0 Å². The van der Waals surface area contributed by atoms with E-state index in [1.54, 1.807) is 6.07 Å². The largest absolute Gasteiger partial charge is 0.294 e. The molecule has 3 nitrogen and oxygen atoms in total. The Bertz CT molecular complexity index is 850. The summed E-state index contributed by atoms with van der Waals surface area (Å²) in [5, 5.41) is 0. The molecule has 264 valence electrons. The number of hydrogen-bond acceptors (Lipinski definition) is 2. The topological polar surface area (TPSA) is 54.4 Å². The van der Waals surface area contributed by atoms with Gasteiger partial charge in [-0.25, -0.2) is 0 Å². The first-order valence-electron chi connectivity index (χ1n) is 20.1. The van der Waals surface area contributed by atoms with E-state index in [4.69, 9.17) is 0 Å². The third-order valence-corrected chi connectivity index (χ3v) is 10.8. The molecule has 45 heavy (non-hydrogen) atoms.